The van der Waals surface area contributed by atoms with Gasteiger partial charge in [-0.15, -0.1) is 0 Å². The number of rotatable bonds is 4. The van der Waals surface area contributed by atoms with Crippen LogP contribution in [0, 0.1) is 0 Å². The van der Waals surface area contributed by atoms with E-state index in [4.69, 9.17) is 9.97 Å². The topological polar surface area (TPSA) is 30.7 Å². The second kappa shape index (κ2) is 11.7. The third kappa shape index (κ3) is 4.75. The molecule has 53 heavy (non-hydrogen) atoms. The van der Waals surface area contributed by atoms with Crippen LogP contribution in [0.25, 0.3) is 104 Å². The maximum absolute atomic E-state index is 5.44. The van der Waals surface area contributed by atoms with Crippen molar-refractivity contribution >= 4 is 65.0 Å². The van der Waals surface area contributed by atoms with Crippen molar-refractivity contribution in [3.05, 3.63) is 188 Å². The van der Waals surface area contributed by atoms with Gasteiger partial charge in [0.15, 0.2) is 5.82 Å². The van der Waals surface area contributed by atoms with Crippen LogP contribution in [0.4, 0.5) is 0 Å². The number of benzene rings is 9. The van der Waals surface area contributed by atoms with E-state index in [1.807, 2.05) is 0 Å². The van der Waals surface area contributed by atoms with Gasteiger partial charge >= 0.3 is 0 Å². The molecule has 11 aromatic rings. The maximum atomic E-state index is 5.44. The van der Waals surface area contributed by atoms with Crippen molar-refractivity contribution in [1.29, 1.82) is 0 Å². The number of hydrogen-bond acceptors (Lipinski definition) is 2. The Hall–Kier alpha value is -7.10. The Balaban J connectivity index is 1.16. The Morgan fingerprint density at radius 2 is 1.00 bits per heavy atom. The molecule has 0 N–H and O–H groups in total. The van der Waals surface area contributed by atoms with Gasteiger partial charge in [-0.2, -0.15) is 0 Å². The largest absolute Gasteiger partial charge is 0.309 e. The van der Waals surface area contributed by atoms with Crippen molar-refractivity contribution in [2.45, 2.75) is 0 Å². The van der Waals surface area contributed by atoms with E-state index < -0.39 is 0 Å². The summed E-state index contributed by atoms with van der Waals surface area (Å²) in [6.07, 6.45) is 0. The molecule has 0 unspecified atom stereocenters. The first-order chi connectivity index (χ1) is 26.3. The van der Waals surface area contributed by atoms with E-state index in [2.05, 4.69) is 193 Å². The van der Waals surface area contributed by atoms with E-state index in [-0.39, 0.29) is 0 Å². The molecule has 3 nitrogen and oxygen atoms in total. The van der Waals surface area contributed by atoms with Gasteiger partial charge in [0.1, 0.15) is 0 Å². The Labute approximate surface area is 306 Å². The zero-order valence-electron chi connectivity index (χ0n) is 28.7. The molecule has 0 spiro atoms. The van der Waals surface area contributed by atoms with Crippen LogP contribution >= 0.6 is 0 Å². The summed E-state index contributed by atoms with van der Waals surface area (Å²) in [5.41, 5.74) is 9.74. The molecule has 0 amide bonds. The lowest BCUT2D eigenvalue weighted by molar-refractivity contribution is 1.19. The molecule has 0 fully saturated rings. The zero-order chi connectivity index (χ0) is 34.9. The fourth-order valence-corrected chi connectivity index (χ4v) is 8.20. The van der Waals surface area contributed by atoms with Crippen LogP contribution in [0.5, 0.6) is 0 Å². The summed E-state index contributed by atoms with van der Waals surface area (Å²) < 4.78 is 2.43. The highest BCUT2D eigenvalue weighted by Gasteiger charge is 2.19. The summed E-state index contributed by atoms with van der Waals surface area (Å²) in [7, 11) is 0. The predicted octanol–water partition coefficient (Wildman–Crippen LogP) is 13.2. The van der Waals surface area contributed by atoms with Crippen molar-refractivity contribution in [2.24, 2.45) is 0 Å². The molecule has 0 radical (unpaired) electrons. The van der Waals surface area contributed by atoms with E-state index in [1.165, 1.54) is 48.9 Å². The molecule has 3 heteroatoms. The molecule has 11 rings (SSSR count). The average molecular weight is 674 g/mol. The first kappa shape index (κ1) is 29.6. The highest BCUT2D eigenvalue weighted by atomic mass is 15.0. The van der Waals surface area contributed by atoms with Crippen molar-refractivity contribution in [1.82, 2.24) is 14.5 Å². The summed E-state index contributed by atoms with van der Waals surface area (Å²) in [5.74, 6) is 0.712. The standard InChI is InChI=1S/C50H31N3/c1-2-12-32(13-3-1)37-24-26-45-44(30-37)49(38-23-22-33-14-4-5-15-34(33)28-38)52-50(51-45)42-25-27-47(40-19-9-8-18-39(40)42)53-46-21-11-10-20-41(46)43-29-35-16-6-7-17-36(35)31-48(43)53/h1-31H. The van der Waals surface area contributed by atoms with Crippen molar-refractivity contribution < 1.29 is 0 Å². The lowest BCUT2D eigenvalue weighted by Gasteiger charge is -2.16. The maximum Gasteiger partial charge on any atom is 0.161 e. The fourth-order valence-electron chi connectivity index (χ4n) is 8.20. The minimum absolute atomic E-state index is 0.712. The third-order valence-electron chi connectivity index (χ3n) is 10.7. The SMILES string of the molecule is c1ccc(-c2ccc3nc(-c4ccc(-n5c6ccccc6c6cc7ccccc7cc65)c5ccccc45)nc(-c4ccc5ccccc5c4)c3c2)cc1. The van der Waals surface area contributed by atoms with E-state index in [0.717, 1.165) is 49.7 Å². The van der Waals surface area contributed by atoms with Gasteiger partial charge in [0.2, 0.25) is 0 Å². The second-order valence-electron chi connectivity index (χ2n) is 13.8. The molecule has 2 aromatic heterocycles. The molecule has 2 heterocycles. The molecule has 0 aliphatic carbocycles. The third-order valence-corrected chi connectivity index (χ3v) is 10.7. The molecular weight excluding hydrogens is 643 g/mol. The number of aromatic nitrogens is 3. The van der Waals surface area contributed by atoms with Crippen molar-refractivity contribution in [3.8, 4) is 39.5 Å². The molecule has 0 atom stereocenters. The number of nitrogens with zero attached hydrogens (tertiary/aromatic N) is 3. The summed E-state index contributed by atoms with van der Waals surface area (Å²) in [6, 6.07) is 67.4. The van der Waals surface area contributed by atoms with Crippen LogP contribution in [-0.2, 0) is 0 Å². The first-order valence-electron chi connectivity index (χ1n) is 18.1. The van der Waals surface area contributed by atoms with Crippen LogP contribution in [0.3, 0.4) is 0 Å². The van der Waals surface area contributed by atoms with Crippen LogP contribution in [0.1, 0.15) is 0 Å². The predicted molar refractivity (Wildman–Crippen MR) is 223 cm³/mol. The highest BCUT2D eigenvalue weighted by Crippen LogP contribution is 2.40. The quantitative estimate of drug-likeness (QED) is 0.186. The van der Waals surface area contributed by atoms with Crippen LogP contribution in [-0.4, -0.2) is 14.5 Å². The minimum atomic E-state index is 0.712. The Morgan fingerprint density at radius 3 is 1.83 bits per heavy atom. The molecule has 0 aliphatic rings. The molecule has 0 saturated carbocycles. The van der Waals surface area contributed by atoms with Crippen LogP contribution in [0.15, 0.2) is 188 Å². The van der Waals surface area contributed by atoms with Gasteiger partial charge in [-0.25, -0.2) is 9.97 Å². The lowest BCUT2D eigenvalue weighted by Crippen LogP contribution is -1.99. The minimum Gasteiger partial charge on any atom is -0.309 e. The monoisotopic (exact) mass is 673 g/mol. The Bertz CT molecular complexity index is 3230. The Kier molecular flexibility index (Phi) is 6.55. The highest BCUT2D eigenvalue weighted by molar-refractivity contribution is 6.15. The van der Waals surface area contributed by atoms with Crippen LogP contribution < -0.4 is 0 Å². The number of hydrogen-bond donors (Lipinski definition) is 0. The Morgan fingerprint density at radius 1 is 0.340 bits per heavy atom. The normalized spacial score (nSPS) is 11.8. The summed E-state index contributed by atoms with van der Waals surface area (Å²) in [5, 5.41) is 10.7. The fraction of sp³-hybridized carbons (Fsp3) is 0. The lowest BCUT2D eigenvalue weighted by atomic mass is 9.97. The number of para-hydroxylation sites is 1. The van der Waals surface area contributed by atoms with Gasteiger partial charge < -0.3 is 4.57 Å². The van der Waals surface area contributed by atoms with Gasteiger partial charge in [-0.3, -0.25) is 0 Å². The van der Waals surface area contributed by atoms with Crippen molar-refractivity contribution in [2.75, 3.05) is 0 Å². The summed E-state index contributed by atoms with van der Waals surface area (Å²) in [4.78, 5) is 10.7. The first-order valence-corrected chi connectivity index (χ1v) is 18.1. The van der Waals surface area contributed by atoms with Gasteiger partial charge in [0.25, 0.3) is 0 Å². The van der Waals surface area contributed by atoms with Gasteiger partial charge in [-0.1, -0.05) is 140 Å². The number of fused-ring (bicyclic) bond motifs is 7. The molecule has 9 aromatic carbocycles. The van der Waals surface area contributed by atoms with Crippen LogP contribution in [0.2, 0.25) is 0 Å². The van der Waals surface area contributed by atoms with Gasteiger partial charge in [-0.05, 0) is 86.6 Å². The molecule has 0 saturated heterocycles. The van der Waals surface area contributed by atoms with Crippen molar-refractivity contribution in [3.63, 3.8) is 0 Å². The zero-order valence-corrected chi connectivity index (χ0v) is 28.7. The summed E-state index contributed by atoms with van der Waals surface area (Å²) in [6.45, 7) is 0. The molecule has 246 valence electrons. The summed E-state index contributed by atoms with van der Waals surface area (Å²) >= 11 is 0. The van der Waals surface area contributed by atoms with Gasteiger partial charge in [0.05, 0.1) is 27.9 Å². The van der Waals surface area contributed by atoms with Gasteiger partial charge in [0, 0.05) is 32.7 Å². The molecule has 0 bridgehead atoms. The van der Waals surface area contributed by atoms with E-state index in [1.54, 1.807) is 0 Å². The van der Waals surface area contributed by atoms with E-state index in [9.17, 15) is 0 Å². The smallest absolute Gasteiger partial charge is 0.161 e. The van der Waals surface area contributed by atoms with E-state index in [0.29, 0.717) is 5.82 Å². The molecular formula is C50H31N3. The average Bonchev–Trinajstić information content (AvgIpc) is 3.54. The second-order valence-corrected chi connectivity index (χ2v) is 13.8. The molecule has 0 aliphatic heterocycles. The van der Waals surface area contributed by atoms with E-state index >= 15 is 0 Å².